The minimum Gasteiger partial charge on any atom is -0.432 e. The Labute approximate surface area is 119 Å². The predicted octanol–water partition coefficient (Wildman–Crippen LogP) is 5.32. The summed E-state index contributed by atoms with van der Waals surface area (Å²) < 4.78 is 10.4. The van der Waals surface area contributed by atoms with Crippen LogP contribution < -0.4 is 0 Å². The van der Waals surface area contributed by atoms with E-state index in [1.54, 1.807) is 0 Å². The van der Waals surface area contributed by atoms with E-state index in [1.807, 2.05) is 13.8 Å². The molecule has 0 radical (unpaired) electrons. The Balaban J connectivity index is 3.83. The Morgan fingerprint density at radius 3 is 2.00 bits per heavy atom. The lowest BCUT2D eigenvalue weighted by atomic mass is 10.00. The zero-order chi connectivity index (χ0) is 14.7. The molecular formula is C16H32O3. The van der Waals surface area contributed by atoms with Crippen LogP contribution in [0.4, 0.5) is 4.79 Å². The molecule has 0 rings (SSSR count). The molecule has 0 aliphatic heterocycles. The molecule has 19 heavy (non-hydrogen) atoms. The largest absolute Gasteiger partial charge is 0.508 e. The molecule has 0 saturated carbocycles. The summed E-state index contributed by atoms with van der Waals surface area (Å²) >= 11 is 0. The highest BCUT2D eigenvalue weighted by Gasteiger charge is 2.19. The van der Waals surface area contributed by atoms with E-state index in [0.717, 1.165) is 12.8 Å². The van der Waals surface area contributed by atoms with Crippen LogP contribution in [0.3, 0.4) is 0 Å². The maximum atomic E-state index is 11.5. The zero-order valence-corrected chi connectivity index (χ0v) is 13.4. The van der Waals surface area contributed by atoms with Crippen molar-refractivity contribution in [3.8, 4) is 0 Å². The summed E-state index contributed by atoms with van der Waals surface area (Å²) in [6.45, 7) is 10.1. The standard InChI is InChI=1S/C16H32O3/c1-6-7-8-9-10-11-12-15(13(2)3)19-16(17)18-14(4)5/h13-15H,6-12H2,1-5H3. The summed E-state index contributed by atoms with van der Waals surface area (Å²) in [4.78, 5) is 11.5. The highest BCUT2D eigenvalue weighted by atomic mass is 16.7. The van der Waals surface area contributed by atoms with Crippen molar-refractivity contribution in [2.24, 2.45) is 5.92 Å². The molecule has 0 fully saturated rings. The first-order valence-electron chi connectivity index (χ1n) is 7.84. The lowest BCUT2D eigenvalue weighted by molar-refractivity contribution is -0.00984. The molecule has 0 aliphatic carbocycles. The Morgan fingerprint density at radius 2 is 1.47 bits per heavy atom. The molecule has 0 aromatic rings. The molecule has 0 aromatic carbocycles. The summed E-state index contributed by atoms with van der Waals surface area (Å²) in [5.41, 5.74) is 0. The number of carbonyl (C=O) groups excluding carboxylic acids is 1. The molecule has 0 heterocycles. The van der Waals surface area contributed by atoms with E-state index in [1.165, 1.54) is 32.1 Å². The molecule has 0 bridgehead atoms. The second-order valence-electron chi connectivity index (χ2n) is 5.87. The van der Waals surface area contributed by atoms with Gasteiger partial charge in [0, 0.05) is 0 Å². The van der Waals surface area contributed by atoms with Gasteiger partial charge in [0.05, 0.1) is 6.10 Å². The highest BCUT2D eigenvalue weighted by molar-refractivity contribution is 5.60. The fourth-order valence-electron chi connectivity index (χ4n) is 2.00. The van der Waals surface area contributed by atoms with Crippen molar-refractivity contribution in [2.45, 2.75) is 91.8 Å². The van der Waals surface area contributed by atoms with Gasteiger partial charge >= 0.3 is 6.16 Å². The van der Waals surface area contributed by atoms with Crippen LogP contribution in [-0.4, -0.2) is 18.4 Å². The molecule has 0 spiro atoms. The summed E-state index contributed by atoms with van der Waals surface area (Å²) in [5.74, 6) is 0.343. The molecule has 114 valence electrons. The van der Waals surface area contributed by atoms with Gasteiger partial charge in [0.25, 0.3) is 0 Å². The van der Waals surface area contributed by atoms with E-state index in [-0.39, 0.29) is 12.2 Å². The number of rotatable bonds is 10. The molecule has 0 aliphatic rings. The highest BCUT2D eigenvalue weighted by Crippen LogP contribution is 2.17. The second kappa shape index (κ2) is 11.1. The van der Waals surface area contributed by atoms with Crippen molar-refractivity contribution in [3.05, 3.63) is 0 Å². The van der Waals surface area contributed by atoms with Crippen LogP contribution >= 0.6 is 0 Å². The van der Waals surface area contributed by atoms with Crippen molar-refractivity contribution < 1.29 is 14.3 Å². The Bertz CT molecular complexity index is 224. The Hall–Kier alpha value is -0.730. The average Bonchev–Trinajstić information content (AvgIpc) is 2.30. The Kier molecular flexibility index (Phi) is 10.7. The maximum absolute atomic E-state index is 11.5. The quantitative estimate of drug-likeness (QED) is 0.398. The third-order valence-corrected chi connectivity index (χ3v) is 3.17. The van der Waals surface area contributed by atoms with Crippen molar-refractivity contribution in [1.82, 2.24) is 0 Å². The average molecular weight is 272 g/mol. The first-order chi connectivity index (χ1) is 8.97. The molecule has 1 atom stereocenters. The summed E-state index contributed by atoms with van der Waals surface area (Å²) in [5, 5.41) is 0. The van der Waals surface area contributed by atoms with Gasteiger partial charge < -0.3 is 9.47 Å². The molecule has 3 heteroatoms. The topological polar surface area (TPSA) is 35.5 Å². The molecular weight excluding hydrogens is 240 g/mol. The fraction of sp³-hybridized carbons (Fsp3) is 0.938. The minimum atomic E-state index is -0.528. The number of hydrogen-bond acceptors (Lipinski definition) is 3. The number of carbonyl (C=O) groups is 1. The van der Waals surface area contributed by atoms with Crippen LogP contribution in [0.15, 0.2) is 0 Å². The molecule has 0 amide bonds. The van der Waals surface area contributed by atoms with Crippen molar-refractivity contribution in [1.29, 1.82) is 0 Å². The number of hydrogen-bond donors (Lipinski definition) is 0. The van der Waals surface area contributed by atoms with E-state index >= 15 is 0 Å². The van der Waals surface area contributed by atoms with Gasteiger partial charge in [-0.2, -0.15) is 0 Å². The molecule has 0 saturated heterocycles. The SMILES string of the molecule is CCCCCCCCC(OC(=O)OC(C)C)C(C)C. The summed E-state index contributed by atoms with van der Waals surface area (Å²) in [6, 6.07) is 0. The van der Waals surface area contributed by atoms with Crippen LogP contribution in [0.1, 0.15) is 79.6 Å². The lowest BCUT2D eigenvalue weighted by Crippen LogP contribution is -2.25. The van der Waals surface area contributed by atoms with E-state index in [4.69, 9.17) is 9.47 Å². The fourth-order valence-corrected chi connectivity index (χ4v) is 2.00. The van der Waals surface area contributed by atoms with Gasteiger partial charge in [0.2, 0.25) is 0 Å². The van der Waals surface area contributed by atoms with Crippen LogP contribution in [0, 0.1) is 5.92 Å². The third-order valence-electron chi connectivity index (χ3n) is 3.17. The van der Waals surface area contributed by atoms with E-state index in [2.05, 4.69) is 20.8 Å². The summed E-state index contributed by atoms with van der Waals surface area (Å²) in [7, 11) is 0. The lowest BCUT2D eigenvalue weighted by Gasteiger charge is -2.21. The van der Waals surface area contributed by atoms with E-state index in [9.17, 15) is 4.79 Å². The van der Waals surface area contributed by atoms with Gasteiger partial charge in [-0.1, -0.05) is 52.9 Å². The minimum absolute atomic E-state index is 0.0163. The van der Waals surface area contributed by atoms with Crippen LogP contribution in [-0.2, 0) is 9.47 Å². The van der Waals surface area contributed by atoms with Crippen molar-refractivity contribution in [3.63, 3.8) is 0 Å². The maximum Gasteiger partial charge on any atom is 0.508 e. The van der Waals surface area contributed by atoms with Gasteiger partial charge in [-0.3, -0.25) is 0 Å². The monoisotopic (exact) mass is 272 g/mol. The predicted molar refractivity (Wildman–Crippen MR) is 79.3 cm³/mol. The van der Waals surface area contributed by atoms with E-state index < -0.39 is 6.16 Å². The van der Waals surface area contributed by atoms with Crippen LogP contribution in [0.25, 0.3) is 0 Å². The first-order valence-corrected chi connectivity index (χ1v) is 7.84. The van der Waals surface area contributed by atoms with Crippen LogP contribution in [0.5, 0.6) is 0 Å². The molecule has 0 aromatic heterocycles. The molecule has 0 N–H and O–H groups in total. The summed E-state index contributed by atoms with van der Waals surface area (Å²) in [6.07, 6.45) is 7.84. The first kappa shape index (κ1) is 18.3. The number of unbranched alkanes of at least 4 members (excludes halogenated alkanes) is 5. The van der Waals surface area contributed by atoms with Gasteiger partial charge in [-0.05, 0) is 32.6 Å². The molecule has 3 nitrogen and oxygen atoms in total. The van der Waals surface area contributed by atoms with Gasteiger partial charge in [-0.15, -0.1) is 0 Å². The molecule has 1 unspecified atom stereocenters. The number of ether oxygens (including phenoxy) is 2. The van der Waals surface area contributed by atoms with Gasteiger partial charge in [0.15, 0.2) is 0 Å². The van der Waals surface area contributed by atoms with Gasteiger partial charge in [-0.25, -0.2) is 4.79 Å². The van der Waals surface area contributed by atoms with Crippen LogP contribution in [0.2, 0.25) is 0 Å². The normalized spacial score (nSPS) is 12.8. The van der Waals surface area contributed by atoms with E-state index in [0.29, 0.717) is 5.92 Å². The zero-order valence-electron chi connectivity index (χ0n) is 13.4. The van der Waals surface area contributed by atoms with Crippen molar-refractivity contribution in [2.75, 3.05) is 0 Å². The Morgan fingerprint density at radius 1 is 0.895 bits per heavy atom. The smallest absolute Gasteiger partial charge is 0.432 e. The van der Waals surface area contributed by atoms with Gasteiger partial charge in [0.1, 0.15) is 6.10 Å². The second-order valence-corrected chi connectivity index (χ2v) is 5.87. The van der Waals surface area contributed by atoms with Crippen molar-refractivity contribution >= 4 is 6.16 Å². The third kappa shape index (κ3) is 10.8.